The van der Waals surface area contributed by atoms with Crippen molar-refractivity contribution in [3.8, 4) is 0 Å². The van der Waals surface area contributed by atoms with Gasteiger partial charge in [0.2, 0.25) is 0 Å². The molecular weight excluding hydrogens is 247 g/mol. The second kappa shape index (κ2) is 6.66. The van der Waals surface area contributed by atoms with Crippen LogP contribution in [0.15, 0.2) is 35.2 Å². The minimum absolute atomic E-state index is 0.594. The van der Waals surface area contributed by atoms with Crippen molar-refractivity contribution in [3.05, 3.63) is 30.3 Å². The lowest BCUT2D eigenvalue weighted by molar-refractivity contribution is 0.280. The predicted octanol–water partition coefficient (Wildman–Crippen LogP) is 4.08. The third-order valence-electron chi connectivity index (χ3n) is 1.53. The van der Waals surface area contributed by atoms with Crippen LogP contribution < -0.4 is 0 Å². The summed E-state index contributed by atoms with van der Waals surface area (Å²) in [7, 11) is 0. The molecule has 0 heterocycles. The molecule has 0 N–H and O–H groups in total. The van der Waals surface area contributed by atoms with Gasteiger partial charge < -0.3 is 9.05 Å². The minimum atomic E-state index is -2.19. The molecule has 0 saturated heterocycles. The summed E-state index contributed by atoms with van der Waals surface area (Å²) < 4.78 is 11.1. The van der Waals surface area contributed by atoms with Crippen molar-refractivity contribution in [1.29, 1.82) is 0 Å². The van der Waals surface area contributed by atoms with Crippen molar-refractivity contribution in [2.45, 2.75) is 18.7 Å². The Bertz CT molecular complexity index is 319. The summed E-state index contributed by atoms with van der Waals surface area (Å²) in [5, 5.41) is 0. The molecule has 0 aliphatic rings. The van der Waals surface area contributed by atoms with E-state index < -0.39 is 5.69 Å². The fourth-order valence-corrected chi connectivity index (χ4v) is 5.86. The van der Waals surface area contributed by atoms with Gasteiger partial charge in [-0.15, -0.1) is 0 Å². The Hall–Kier alpha value is 0.140. The van der Waals surface area contributed by atoms with Crippen LogP contribution in [0.25, 0.3) is 0 Å². The highest BCUT2D eigenvalue weighted by Crippen LogP contribution is 2.63. The first-order valence-electron chi connectivity index (χ1n) is 4.84. The summed E-state index contributed by atoms with van der Waals surface area (Å²) in [4.78, 5) is 1.10. The summed E-state index contributed by atoms with van der Waals surface area (Å²) in [6.07, 6.45) is 0. The summed E-state index contributed by atoms with van der Waals surface area (Å²) in [5.74, 6) is 0. The van der Waals surface area contributed by atoms with E-state index in [0.29, 0.717) is 13.2 Å². The summed E-state index contributed by atoms with van der Waals surface area (Å²) in [6.45, 7) is 5.06. The third-order valence-corrected chi connectivity index (χ3v) is 6.63. The fourth-order valence-electron chi connectivity index (χ4n) is 1.02. The molecule has 1 aromatic rings. The number of benzene rings is 1. The van der Waals surface area contributed by atoms with Gasteiger partial charge in [-0.05, 0) is 49.2 Å². The van der Waals surface area contributed by atoms with Crippen molar-refractivity contribution in [1.82, 2.24) is 0 Å². The van der Waals surface area contributed by atoms with Gasteiger partial charge in [-0.2, -0.15) is 0 Å². The highest BCUT2D eigenvalue weighted by atomic mass is 32.9. The molecule has 0 aliphatic carbocycles. The molecule has 15 heavy (non-hydrogen) atoms. The first-order valence-corrected chi connectivity index (χ1v) is 8.90. The molecule has 0 bridgehead atoms. The molecule has 0 aliphatic heterocycles. The number of hydrogen-bond donors (Lipinski definition) is 0. The van der Waals surface area contributed by atoms with Gasteiger partial charge in [0.05, 0.1) is 13.2 Å². The molecule has 0 fully saturated rings. The first kappa shape index (κ1) is 13.2. The molecule has 0 aromatic heterocycles. The lowest BCUT2D eigenvalue weighted by Gasteiger charge is -2.19. The van der Waals surface area contributed by atoms with E-state index in [2.05, 4.69) is 0 Å². The van der Waals surface area contributed by atoms with E-state index in [1.54, 1.807) is 0 Å². The predicted molar refractivity (Wildman–Crippen MR) is 69.8 cm³/mol. The second-order valence-corrected chi connectivity index (χ2v) is 8.88. The van der Waals surface area contributed by atoms with Crippen molar-refractivity contribution < 1.29 is 9.05 Å². The highest BCUT2D eigenvalue weighted by Gasteiger charge is 2.19. The molecular formula is C10H15O2PS2. The molecule has 84 valence electrons. The molecule has 1 rings (SSSR count). The molecule has 5 heteroatoms. The topological polar surface area (TPSA) is 18.5 Å². The van der Waals surface area contributed by atoms with Crippen LogP contribution in [0.3, 0.4) is 0 Å². The maximum absolute atomic E-state index is 5.54. The monoisotopic (exact) mass is 262 g/mol. The molecule has 2 nitrogen and oxygen atoms in total. The van der Waals surface area contributed by atoms with E-state index in [0.717, 1.165) is 4.90 Å². The number of rotatable bonds is 6. The Morgan fingerprint density at radius 2 is 1.67 bits per heavy atom. The van der Waals surface area contributed by atoms with Crippen molar-refractivity contribution in [3.63, 3.8) is 0 Å². The maximum Gasteiger partial charge on any atom is 0.252 e. The van der Waals surface area contributed by atoms with Crippen molar-refractivity contribution >= 4 is 28.9 Å². The highest BCUT2D eigenvalue weighted by molar-refractivity contribution is 8.67. The zero-order valence-electron chi connectivity index (χ0n) is 8.88. The van der Waals surface area contributed by atoms with Crippen LogP contribution in [0, 0.1) is 0 Å². The van der Waals surface area contributed by atoms with Crippen LogP contribution in [-0.4, -0.2) is 13.2 Å². The molecule has 0 spiro atoms. The Kier molecular flexibility index (Phi) is 5.87. The smallest absolute Gasteiger partial charge is 0.252 e. The van der Waals surface area contributed by atoms with Crippen LogP contribution in [-0.2, 0) is 20.9 Å². The van der Waals surface area contributed by atoms with Gasteiger partial charge in [0.15, 0.2) is 0 Å². The molecule has 0 atom stereocenters. The van der Waals surface area contributed by atoms with Crippen LogP contribution in [0.4, 0.5) is 0 Å². The van der Waals surface area contributed by atoms with E-state index in [9.17, 15) is 0 Å². The van der Waals surface area contributed by atoms with E-state index in [-0.39, 0.29) is 0 Å². The molecule has 1 aromatic carbocycles. The molecule has 0 amide bonds. The Labute approximate surface area is 100 Å². The quantitative estimate of drug-likeness (QED) is 0.719. The van der Waals surface area contributed by atoms with Crippen molar-refractivity contribution in [2.75, 3.05) is 13.2 Å². The van der Waals surface area contributed by atoms with Gasteiger partial charge in [-0.1, -0.05) is 18.2 Å². The lowest BCUT2D eigenvalue weighted by Crippen LogP contribution is -1.91. The van der Waals surface area contributed by atoms with Gasteiger partial charge in [0, 0.05) is 4.90 Å². The fraction of sp³-hybridized carbons (Fsp3) is 0.400. The van der Waals surface area contributed by atoms with E-state index >= 15 is 0 Å². The largest absolute Gasteiger partial charge is 0.322 e. The van der Waals surface area contributed by atoms with Gasteiger partial charge in [-0.3, -0.25) is 0 Å². The zero-order chi connectivity index (χ0) is 11.1. The summed E-state index contributed by atoms with van der Waals surface area (Å²) in [5.41, 5.74) is -2.19. The third kappa shape index (κ3) is 4.66. The standard InChI is InChI=1S/C10H15O2PS2/c1-3-11-13(14,12-4-2)15-10-8-6-5-7-9-10/h5-9H,3-4H2,1-2H3. The summed E-state index contributed by atoms with van der Waals surface area (Å²) in [6, 6.07) is 9.99. The van der Waals surface area contributed by atoms with E-state index in [4.69, 9.17) is 20.9 Å². The van der Waals surface area contributed by atoms with Gasteiger partial charge in [-0.25, -0.2) is 0 Å². The van der Waals surface area contributed by atoms with Gasteiger partial charge in [0.25, 0.3) is 5.69 Å². The molecule has 0 unspecified atom stereocenters. The normalized spacial score (nSPS) is 11.6. The van der Waals surface area contributed by atoms with Crippen LogP contribution in [0.1, 0.15) is 13.8 Å². The SMILES string of the molecule is CCOP(=S)(OCC)Sc1ccccc1. The van der Waals surface area contributed by atoms with Gasteiger partial charge in [0.1, 0.15) is 0 Å². The minimum Gasteiger partial charge on any atom is -0.322 e. The Balaban J connectivity index is 2.71. The second-order valence-electron chi connectivity index (χ2n) is 2.69. The Morgan fingerprint density at radius 1 is 1.13 bits per heavy atom. The average Bonchev–Trinajstić information content (AvgIpc) is 2.19. The lowest BCUT2D eigenvalue weighted by atomic mass is 10.4. The average molecular weight is 262 g/mol. The zero-order valence-corrected chi connectivity index (χ0v) is 11.4. The summed E-state index contributed by atoms with van der Waals surface area (Å²) >= 11 is 6.93. The van der Waals surface area contributed by atoms with Crippen LogP contribution in [0.5, 0.6) is 0 Å². The van der Waals surface area contributed by atoms with Crippen LogP contribution >= 0.6 is 17.1 Å². The van der Waals surface area contributed by atoms with E-state index in [1.165, 1.54) is 11.4 Å². The first-order chi connectivity index (χ1) is 7.20. The number of hydrogen-bond acceptors (Lipinski definition) is 4. The van der Waals surface area contributed by atoms with Gasteiger partial charge >= 0.3 is 0 Å². The maximum atomic E-state index is 5.54. The molecule has 0 radical (unpaired) electrons. The van der Waals surface area contributed by atoms with Crippen molar-refractivity contribution in [2.24, 2.45) is 0 Å². The molecule has 0 saturated carbocycles. The van der Waals surface area contributed by atoms with Crippen LogP contribution in [0.2, 0.25) is 0 Å². The van der Waals surface area contributed by atoms with E-state index in [1.807, 2.05) is 44.2 Å². The Morgan fingerprint density at radius 3 is 2.13 bits per heavy atom.